The molecule has 0 atom stereocenters. The highest BCUT2D eigenvalue weighted by Crippen LogP contribution is 2.17. The minimum atomic E-state index is 0.0179. The molecule has 74 valence electrons. The molecule has 0 saturated heterocycles. The summed E-state index contributed by atoms with van der Waals surface area (Å²) in [5.41, 5.74) is 1.43. The van der Waals surface area contributed by atoms with Crippen LogP contribution in [-0.2, 0) is 0 Å². The second-order valence-corrected chi connectivity index (χ2v) is 3.89. The molecule has 0 saturated carbocycles. The number of rotatable bonds is 4. The standard InChI is InChI=1S/C11H12BrNO/c1-3-8(2)7-10(14)11-9(12)5-4-6-13-11/h4-6H,2-3,7H2,1H3. The first-order chi connectivity index (χ1) is 6.65. The maximum atomic E-state index is 11.7. The van der Waals surface area contributed by atoms with Crippen LogP contribution in [0.2, 0.25) is 0 Å². The van der Waals surface area contributed by atoms with E-state index in [1.807, 2.05) is 13.0 Å². The van der Waals surface area contributed by atoms with Crippen LogP contribution >= 0.6 is 15.9 Å². The zero-order valence-corrected chi connectivity index (χ0v) is 9.67. The van der Waals surface area contributed by atoms with Gasteiger partial charge in [-0.15, -0.1) is 0 Å². The Hall–Kier alpha value is -0.960. The summed E-state index contributed by atoms with van der Waals surface area (Å²) < 4.78 is 0.744. The topological polar surface area (TPSA) is 30.0 Å². The predicted molar refractivity (Wildman–Crippen MR) is 60.3 cm³/mol. The van der Waals surface area contributed by atoms with E-state index in [2.05, 4.69) is 27.5 Å². The van der Waals surface area contributed by atoms with Gasteiger partial charge in [-0.2, -0.15) is 0 Å². The zero-order valence-electron chi connectivity index (χ0n) is 8.09. The lowest BCUT2D eigenvalue weighted by Gasteiger charge is -2.02. The van der Waals surface area contributed by atoms with Gasteiger partial charge in [-0.1, -0.05) is 19.1 Å². The molecule has 0 aliphatic heterocycles. The van der Waals surface area contributed by atoms with Crippen LogP contribution in [0.1, 0.15) is 30.3 Å². The number of pyridine rings is 1. The summed E-state index contributed by atoms with van der Waals surface area (Å²) in [6.45, 7) is 5.79. The Labute approximate surface area is 92.2 Å². The molecular weight excluding hydrogens is 242 g/mol. The van der Waals surface area contributed by atoms with Gasteiger partial charge in [0.1, 0.15) is 5.69 Å². The maximum absolute atomic E-state index is 11.7. The lowest BCUT2D eigenvalue weighted by molar-refractivity contribution is 0.0987. The van der Waals surface area contributed by atoms with Crippen LogP contribution in [0, 0.1) is 0 Å². The second kappa shape index (κ2) is 5.05. The van der Waals surface area contributed by atoms with Crippen LogP contribution in [-0.4, -0.2) is 10.8 Å². The quantitative estimate of drug-likeness (QED) is 0.609. The number of aromatic nitrogens is 1. The molecule has 14 heavy (non-hydrogen) atoms. The highest BCUT2D eigenvalue weighted by atomic mass is 79.9. The molecule has 0 spiro atoms. The van der Waals surface area contributed by atoms with Crippen LogP contribution in [0.5, 0.6) is 0 Å². The fourth-order valence-corrected chi connectivity index (χ4v) is 1.50. The molecule has 1 rings (SSSR count). The number of Topliss-reactive ketones (excluding diaryl/α,β-unsaturated/α-hetero) is 1. The van der Waals surface area contributed by atoms with Gasteiger partial charge in [0.05, 0.1) is 0 Å². The van der Waals surface area contributed by atoms with Gasteiger partial charge in [-0.3, -0.25) is 9.78 Å². The van der Waals surface area contributed by atoms with Gasteiger partial charge in [0.15, 0.2) is 5.78 Å². The molecule has 0 fully saturated rings. The number of halogens is 1. The Morgan fingerprint density at radius 2 is 2.36 bits per heavy atom. The summed E-state index contributed by atoms with van der Waals surface area (Å²) in [5.74, 6) is 0.0179. The third kappa shape index (κ3) is 2.77. The molecule has 3 heteroatoms. The number of carbonyl (C=O) groups excluding carboxylic acids is 1. The van der Waals surface area contributed by atoms with Crippen molar-refractivity contribution in [3.05, 3.63) is 40.6 Å². The zero-order chi connectivity index (χ0) is 10.6. The summed E-state index contributed by atoms with van der Waals surface area (Å²) in [6, 6.07) is 3.60. The SMILES string of the molecule is C=C(CC)CC(=O)c1ncccc1Br. The van der Waals surface area contributed by atoms with Crippen LogP contribution in [0.4, 0.5) is 0 Å². The average Bonchev–Trinajstić information content (AvgIpc) is 2.18. The third-order valence-corrected chi connectivity index (χ3v) is 2.57. The summed E-state index contributed by atoms with van der Waals surface area (Å²) in [6.07, 6.45) is 2.83. The average molecular weight is 254 g/mol. The maximum Gasteiger partial charge on any atom is 0.186 e. The predicted octanol–water partition coefficient (Wildman–Crippen LogP) is 3.38. The Balaban J connectivity index is 2.80. The highest BCUT2D eigenvalue weighted by Gasteiger charge is 2.11. The first-order valence-corrected chi connectivity index (χ1v) is 5.24. The van der Waals surface area contributed by atoms with Crippen molar-refractivity contribution in [3.63, 3.8) is 0 Å². The molecule has 0 aromatic carbocycles. The minimum Gasteiger partial charge on any atom is -0.292 e. The summed E-state index contributed by atoms with van der Waals surface area (Å²) in [7, 11) is 0. The molecular formula is C11H12BrNO. The second-order valence-electron chi connectivity index (χ2n) is 3.04. The largest absolute Gasteiger partial charge is 0.292 e. The number of allylic oxidation sites excluding steroid dienone is 1. The van der Waals surface area contributed by atoms with Gasteiger partial charge in [0.25, 0.3) is 0 Å². The molecule has 1 heterocycles. The molecule has 1 aromatic heterocycles. The van der Waals surface area contributed by atoms with E-state index in [-0.39, 0.29) is 5.78 Å². The van der Waals surface area contributed by atoms with Crippen molar-refractivity contribution in [1.82, 2.24) is 4.98 Å². The number of nitrogens with zero attached hydrogens (tertiary/aromatic N) is 1. The Kier molecular flexibility index (Phi) is 4.01. The molecule has 2 nitrogen and oxygen atoms in total. The first-order valence-electron chi connectivity index (χ1n) is 4.45. The van der Waals surface area contributed by atoms with Crippen LogP contribution in [0.15, 0.2) is 35.0 Å². The van der Waals surface area contributed by atoms with E-state index in [0.717, 1.165) is 16.5 Å². The van der Waals surface area contributed by atoms with E-state index >= 15 is 0 Å². The number of hydrogen-bond donors (Lipinski definition) is 0. The minimum absolute atomic E-state index is 0.0179. The molecule has 0 bridgehead atoms. The van der Waals surface area contributed by atoms with E-state index in [4.69, 9.17) is 0 Å². The molecule has 0 N–H and O–H groups in total. The summed E-state index contributed by atoms with van der Waals surface area (Å²) in [5, 5.41) is 0. The number of hydrogen-bond acceptors (Lipinski definition) is 2. The van der Waals surface area contributed by atoms with Gasteiger partial charge in [-0.05, 0) is 34.5 Å². The van der Waals surface area contributed by atoms with Crippen LogP contribution < -0.4 is 0 Å². The van der Waals surface area contributed by atoms with Crippen LogP contribution in [0.25, 0.3) is 0 Å². The van der Waals surface area contributed by atoms with E-state index in [9.17, 15) is 4.79 Å². The van der Waals surface area contributed by atoms with E-state index in [1.54, 1.807) is 12.3 Å². The molecule has 0 amide bonds. The summed E-state index contributed by atoms with van der Waals surface area (Å²) >= 11 is 3.30. The third-order valence-electron chi connectivity index (χ3n) is 1.93. The normalized spacial score (nSPS) is 9.86. The lowest BCUT2D eigenvalue weighted by atomic mass is 10.1. The van der Waals surface area contributed by atoms with Crippen molar-refractivity contribution < 1.29 is 4.79 Å². The fraction of sp³-hybridized carbons (Fsp3) is 0.273. The smallest absolute Gasteiger partial charge is 0.186 e. The van der Waals surface area contributed by atoms with E-state index in [0.29, 0.717) is 12.1 Å². The number of carbonyl (C=O) groups is 1. The lowest BCUT2D eigenvalue weighted by Crippen LogP contribution is -2.03. The van der Waals surface area contributed by atoms with Crippen molar-refractivity contribution in [2.45, 2.75) is 19.8 Å². The molecule has 1 aromatic rings. The van der Waals surface area contributed by atoms with Crippen molar-refractivity contribution in [3.8, 4) is 0 Å². The monoisotopic (exact) mass is 253 g/mol. The highest BCUT2D eigenvalue weighted by molar-refractivity contribution is 9.10. The van der Waals surface area contributed by atoms with Gasteiger partial charge in [-0.25, -0.2) is 0 Å². The first kappa shape index (κ1) is 11.1. The van der Waals surface area contributed by atoms with Gasteiger partial charge in [0.2, 0.25) is 0 Å². The van der Waals surface area contributed by atoms with Crippen LogP contribution in [0.3, 0.4) is 0 Å². The van der Waals surface area contributed by atoms with Crippen molar-refractivity contribution in [2.75, 3.05) is 0 Å². The molecule has 0 unspecified atom stereocenters. The van der Waals surface area contributed by atoms with Gasteiger partial charge < -0.3 is 0 Å². The Bertz CT molecular complexity index is 360. The number of ketones is 1. The van der Waals surface area contributed by atoms with Gasteiger partial charge >= 0.3 is 0 Å². The Morgan fingerprint density at radius 1 is 1.64 bits per heavy atom. The fourth-order valence-electron chi connectivity index (χ4n) is 1.03. The summed E-state index contributed by atoms with van der Waals surface area (Å²) in [4.78, 5) is 15.7. The molecule has 0 radical (unpaired) electrons. The Morgan fingerprint density at radius 3 is 2.93 bits per heavy atom. The van der Waals surface area contributed by atoms with E-state index in [1.165, 1.54) is 0 Å². The molecule has 0 aliphatic rings. The van der Waals surface area contributed by atoms with Gasteiger partial charge in [0, 0.05) is 17.1 Å². The van der Waals surface area contributed by atoms with Crippen molar-refractivity contribution in [2.24, 2.45) is 0 Å². The molecule has 0 aliphatic carbocycles. The van der Waals surface area contributed by atoms with Crippen molar-refractivity contribution >= 4 is 21.7 Å². The van der Waals surface area contributed by atoms with Crippen molar-refractivity contribution in [1.29, 1.82) is 0 Å². The van der Waals surface area contributed by atoms with E-state index < -0.39 is 0 Å².